The summed E-state index contributed by atoms with van der Waals surface area (Å²) in [6, 6.07) is 0.446. The van der Waals surface area contributed by atoms with E-state index in [1.165, 1.54) is 37.0 Å². The molecule has 0 atom stereocenters. The number of alkyl halides is 2. The minimum atomic E-state index is -2.56. The van der Waals surface area contributed by atoms with Gasteiger partial charge in [0, 0.05) is 31.5 Å². The van der Waals surface area contributed by atoms with Gasteiger partial charge >= 0.3 is 6.55 Å². The molecule has 9 heteroatoms. The maximum absolute atomic E-state index is 13.0. The van der Waals surface area contributed by atoms with E-state index in [1.54, 1.807) is 0 Å². The summed E-state index contributed by atoms with van der Waals surface area (Å²) in [6.45, 7) is 1.74. The number of aromatic nitrogens is 5. The van der Waals surface area contributed by atoms with E-state index in [2.05, 4.69) is 31.6 Å². The van der Waals surface area contributed by atoms with Crippen molar-refractivity contribution in [1.29, 1.82) is 0 Å². The van der Waals surface area contributed by atoms with Crippen molar-refractivity contribution in [2.45, 2.75) is 56.1 Å². The smallest absolute Gasteiger partial charge is 0.319 e. The van der Waals surface area contributed by atoms with Gasteiger partial charge in [0.05, 0.1) is 5.75 Å². The second-order valence-corrected chi connectivity index (χ2v) is 7.81. The molecule has 0 N–H and O–H groups in total. The Hall–Kier alpha value is -1.64. The molecular formula is C16H22F2N6S. The molecule has 1 aliphatic heterocycles. The lowest BCUT2D eigenvalue weighted by molar-refractivity contribution is 0.0678. The maximum atomic E-state index is 13.0. The lowest BCUT2D eigenvalue weighted by Crippen LogP contribution is -2.34. The summed E-state index contributed by atoms with van der Waals surface area (Å²) in [5, 5.41) is 9.59. The fourth-order valence-corrected chi connectivity index (χ4v) is 4.16. The van der Waals surface area contributed by atoms with Crippen molar-refractivity contribution in [3.05, 3.63) is 18.2 Å². The summed E-state index contributed by atoms with van der Waals surface area (Å²) in [7, 11) is 0. The molecule has 2 aromatic heterocycles. The van der Waals surface area contributed by atoms with E-state index < -0.39 is 6.55 Å². The molecule has 3 heterocycles. The Labute approximate surface area is 149 Å². The Morgan fingerprint density at radius 1 is 1.20 bits per heavy atom. The van der Waals surface area contributed by atoms with Crippen LogP contribution in [0, 0.1) is 5.92 Å². The first kappa shape index (κ1) is 16.8. The number of piperidine rings is 1. The number of hydrogen-bond donors (Lipinski definition) is 0. The van der Waals surface area contributed by atoms with E-state index in [-0.39, 0.29) is 0 Å². The second kappa shape index (κ2) is 6.93. The first-order valence-corrected chi connectivity index (χ1v) is 9.74. The number of halogens is 2. The molecule has 1 saturated carbocycles. The molecule has 2 aliphatic rings. The standard InChI is InChI=1S/C16H22F2N6S/c1-11-4-7-22(8-5-11)15-20-21-16(24(15)12-2-3-12)25-10-13-19-6-9-23(13)14(17)18/h6,9,11-12,14H,2-5,7-8,10H2,1H3. The predicted octanol–water partition coefficient (Wildman–Crippen LogP) is 3.73. The van der Waals surface area contributed by atoms with Gasteiger partial charge in [-0.1, -0.05) is 18.7 Å². The zero-order chi connectivity index (χ0) is 17.4. The number of hydrogen-bond acceptors (Lipinski definition) is 5. The van der Waals surface area contributed by atoms with Crippen molar-refractivity contribution >= 4 is 17.7 Å². The second-order valence-electron chi connectivity index (χ2n) is 6.87. The predicted molar refractivity (Wildman–Crippen MR) is 91.9 cm³/mol. The summed E-state index contributed by atoms with van der Waals surface area (Å²) in [5.74, 6) is 2.42. The van der Waals surface area contributed by atoms with Gasteiger partial charge in [0.2, 0.25) is 5.95 Å². The van der Waals surface area contributed by atoms with Crippen LogP contribution in [-0.4, -0.2) is 37.4 Å². The van der Waals surface area contributed by atoms with Gasteiger partial charge < -0.3 is 4.90 Å². The molecule has 4 rings (SSSR count). The Kier molecular flexibility index (Phi) is 4.66. The third kappa shape index (κ3) is 3.51. The van der Waals surface area contributed by atoms with Crippen LogP contribution in [0.3, 0.4) is 0 Å². The molecule has 0 unspecified atom stereocenters. The fraction of sp³-hybridized carbons (Fsp3) is 0.688. The van der Waals surface area contributed by atoms with Crippen molar-refractivity contribution in [2.24, 2.45) is 5.92 Å². The Morgan fingerprint density at radius 2 is 1.96 bits per heavy atom. The summed E-state index contributed by atoms with van der Waals surface area (Å²) >= 11 is 1.44. The maximum Gasteiger partial charge on any atom is 0.319 e. The van der Waals surface area contributed by atoms with Gasteiger partial charge in [-0.15, -0.1) is 10.2 Å². The van der Waals surface area contributed by atoms with E-state index in [0.29, 0.717) is 17.6 Å². The van der Waals surface area contributed by atoms with Crippen LogP contribution in [0.4, 0.5) is 14.7 Å². The van der Waals surface area contributed by atoms with Crippen molar-refractivity contribution < 1.29 is 8.78 Å². The van der Waals surface area contributed by atoms with Gasteiger partial charge in [-0.05, 0) is 31.6 Å². The van der Waals surface area contributed by atoms with Crippen LogP contribution >= 0.6 is 11.8 Å². The number of nitrogens with zero attached hydrogens (tertiary/aromatic N) is 6. The molecular weight excluding hydrogens is 346 g/mol. The highest BCUT2D eigenvalue weighted by Crippen LogP contribution is 2.42. The Morgan fingerprint density at radius 3 is 2.64 bits per heavy atom. The molecule has 1 aliphatic carbocycles. The van der Waals surface area contributed by atoms with Crippen molar-refractivity contribution in [1.82, 2.24) is 24.3 Å². The molecule has 2 aromatic rings. The number of anilines is 1. The van der Waals surface area contributed by atoms with E-state index in [0.717, 1.165) is 47.5 Å². The van der Waals surface area contributed by atoms with Crippen LogP contribution in [0.1, 0.15) is 51.0 Å². The van der Waals surface area contributed by atoms with Crippen LogP contribution in [0.25, 0.3) is 0 Å². The minimum absolute atomic E-state index is 0.360. The monoisotopic (exact) mass is 368 g/mol. The van der Waals surface area contributed by atoms with Crippen LogP contribution in [-0.2, 0) is 5.75 Å². The van der Waals surface area contributed by atoms with E-state index in [1.807, 2.05) is 0 Å². The summed E-state index contributed by atoms with van der Waals surface area (Å²) in [5.41, 5.74) is 0. The normalized spacial score (nSPS) is 19.1. The Balaban J connectivity index is 1.51. The third-order valence-electron chi connectivity index (χ3n) is 4.91. The summed E-state index contributed by atoms with van der Waals surface area (Å²) < 4.78 is 29.0. The number of thioether (sulfide) groups is 1. The molecule has 0 spiro atoms. The first-order valence-electron chi connectivity index (χ1n) is 8.76. The van der Waals surface area contributed by atoms with Gasteiger partial charge in [0.1, 0.15) is 5.82 Å². The van der Waals surface area contributed by atoms with Gasteiger partial charge in [0.25, 0.3) is 0 Å². The van der Waals surface area contributed by atoms with Crippen LogP contribution < -0.4 is 4.90 Å². The average molecular weight is 368 g/mol. The van der Waals surface area contributed by atoms with Crippen LogP contribution in [0.2, 0.25) is 0 Å². The third-order valence-corrected chi connectivity index (χ3v) is 5.85. The SMILES string of the molecule is CC1CCN(c2nnc(SCc3nccn3C(F)F)n2C2CC2)CC1. The lowest BCUT2D eigenvalue weighted by atomic mass is 10.00. The van der Waals surface area contributed by atoms with Crippen LogP contribution in [0.5, 0.6) is 0 Å². The van der Waals surface area contributed by atoms with Gasteiger partial charge in [-0.3, -0.25) is 9.13 Å². The minimum Gasteiger partial charge on any atom is -0.341 e. The highest BCUT2D eigenvalue weighted by molar-refractivity contribution is 7.98. The summed E-state index contributed by atoms with van der Waals surface area (Å²) in [4.78, 5) is 6.36. The average Bonchev–Trinajstić information content (AvgIpc) is 3.17. The molecule has 0 amide bonds. The van der Waals surface area contributed by atoms with E-state index >= 15 is 0 Å². The highest BCUT2D eigenvalue weighted by atomic mass is 32.2. The van der Waals surface area contributed by atoms with E-state index in [4.69, 9.17) is 0 Å². The number of rotatable bonds is 6. The van der Waals surface area contributed by atoms with Gasteiger partial charge in [-0.2, -0.15) is 8.78 Å². The highest BCUT2D eigenvalue weighted by Gasteiger charge is 2.32. The quantitative estimate of drug-likeness (QED) is 0.727. The molecule has 136 valence electrons. The first-order chi connectivity index (χ1) is 12.1. The van der Waals surface area contributed by atoms with Crippen molar-refractivity contribution in [2.75, 3.05) is 18.0 Å². The Bertz CT molecular complexity index is 718. The molecule has 6 nitrogen and oxygen atoms in total. The topological polar surface area (TPSA) is 51.8 Å². The van der Waals surface area contributed by atoms with E-state index in [9.17, 15) is 8.78 Å². The van der Waals surface area contributed by atoms with Gasteiger partial charge in [-0.25, -0.2) is 4.98 Å². The lowest BCUT2D eigenvalue weighted by Gasteiger charge is -2.31. The van der Waals surface area contributed by atoms with Gasteiger partial charge in [0.15, 0.2) is 5.16 Å². The van der Waals surface area contributed by atoms with Crippen molar-refractivity contribution in [3.8, 4) is 0 Å². The molecule has 0 bridgehead atoms. The molecule has 1 saturated heterocycles. The van der Waals surface area contributed by atoms with Crippen LogP contribution in [0.15, 0.2) is 17.6 Å². The molecule has 25 heavy (non-hydrogen) atoms. The zero-order valence-corrected chi connectivity index (χ0v) is 15.0. The molecule has 0 aromatic carbocycles. The largest absolute Gasteiger partial charge is 0.341 e. The number of imidazole rings is 1. The molecule has 2 fully saturated rings. The fourth-order valence-electron chi connectivity index (χ4n) is 3.21. The zero-order valence-electron chi connectivity index (χ0n) is 14.2. The van der Waals surface area contributed by atoms with Crippen molar-refractivity contribution in [3.63, 3.8) is 0 Å². The molecule has 0 radical (unpaired) electrons. The summed E-state index contributed by atoms with van der Waals surface area (Å²) in [6.07, 6.45) is 7.33.